The average Bonchev–Trinajstić information content (AvgIpc) is 2.56. The summed E-state index contributed by atoms with van der Waals surface area (Å²) >= 11 is 0. The summed E-state index contributed by atoms with van der Waals surface area (Å²) in [4.78, 5) is 0. The molecule has 2 aromatic rings. The molecule has 0 atom stereocenters. The van der Waals surface area contributed by atoms with E-state index in [0.717, 1.165) is 28.4 Å². The maximum absolute atomic E-state index is 5.47. The van der Waals surface area contributed by atoms with Crippen molar-refractivity contribution in [3.8, 4) is 11.4 Å². The van der Waals surface area contributed by atoms with E-state index in [2.05, 4.69) is 18.9 Å². The van der Waals surface area contributed by atoms with Gasteiger partial charge in [0.05, 0.1) is 12.8 Å². The van der Waals surface area contributed by atoms with Gasteiger partial charge in [0.25, 0.3) is 0 Å². The molecule has 0 amide bonds. The first kappa shape index (κ1) is 11.7. The van der Waals surface area contributed by atoms with Crippen molar-refractivity contribution < 1.29 is 4.74 Å². The number of aromatic nitrogens is 2. The summed E-state index contributed by atoms with van der Waals surface area (Å²) in [6.07, 6.45) is 0. The first-order valence-corrected chi connectivity index (χ1v) is 5.73. The van der Waals surface area contributed by atoms with Gasteiger partial charge in [-0.3, -0.25) is 0 Å². The molecule has 0 saturated heterocycles. The molecule has 3 heteroatoms. The van der Waals surface area contributed by atoms with E-state index in [4.69, 9.17) is 4.74 Å². The second kappa shape index (κ2) is 4.24. The fourth-order valence-corrected chi connectivity index (χ4v) is 2.02. The van der Waals surface area contributed by atoms with E-state index in [9.17, 15) is 0 Å². The van der Waals surface area contributed by atoms with Gasteiger partial charge in [0.15, 0.2) is 0 Å². The molecule has 17 heavy (non-hydrogen) atoms. The number of benzene rings is 1. The fourth-order valence-electron chi connectivity index (χ4n) is 2.02. The Kier molecular flexibility index (Phi) is 2.92. The third kappa shape index (κ3) is 1.82. The molecule has 0 fully saturated rings. The van der Waals surface area contributed by atoms with Gasteiger partial charge in [-0.1, -0.05) is 12.1 Å². The van der Waals surface area contributed by atoms with Gasteiger partial charge in [0.2, 0.25) is 0 Å². The molecule has 90 valence electrons. The highest BCUT2D eigenvalue weighted by Gasteiger charge is 2.13. The Morgan fingerprint density at radius 3 is 2.35 bits per heavy atom. The summed E-state index contributed by atoms with van der Waals surface area (Å²) < 4.78 is 7.43. The highest BCUT2D eigenvalue weighted by atomic mass is 16.5. The minimum atomic E-state index is 0.887. The molecular formula is C14H18N2O. The van der Waals surface area contributed by atoms with Crippen molar-refractivity contribution in [2.75, 3.05) is 7.11 Å². The second-order valence-electron chi connectivity index (χ2n) is 4.33. The third-order valence-electron chi connectivity index (χ3n) is 3.28. The first-order chi connectivity index (χ1) is 8.06. The van der Waals surface area contributed by atoms with E-state index in [1.165, 1.54) is 5.56 Å². The van der Waals surface area contributed by atoms with Crippen molar-refractivity contribution in [1.29, 1.82) is 0 Å². The van der Waals surface area contributed by atoms with Crippen LogP contribution in [0.3, 0.4) is 0 Å². The van der Waals surface area contributed by atoms with E-state index in [1.54, 1.807) is 7.11 Å². The van der Waals surface area contributed by atoms with Crippen LogP contribution in [0.5, 0.6) is 5.75 Å². The zero-order valence-electron chi connectivity index (χ0n) is 11.0. The number of nitrogens with zero attached hydrogens (tertiary/aromatic N) is 2. The van der Waals surface area contributed by atoms with Crippen molar-refractivity contribution in [3.05, 3.63) is 40.7 Å². The minimum absolute atomic E-state index is 0.887. The van der Waals surface area contributed by atoms with Crippen LogP contribution in [0.4, 0.5) is 0 Å². The highest BCUT2D eigenvalue weighted by molar-refractivity contribution is 5.52. The number of hydrogen-bond donors (Lipinski definition) is 0. The lowest BCUT2D eigenvalue weighted by molar-refractivity contribution is 0.408. The van der Waals surface area contributed by atoms with Crippen molar-refractivity contribution in [1.82, 2.24) is 9.78 Å². The lowest BCUT2D eigenvalue weighted by Crippen LogP contribution is -2.03. The van der Waals surface area contributed by atoms with Crippen LogP contribution < -0.4 is 4.74 Å². The average molecular weight is 230 g/mol. The molecule has 0 aliphatic carbocycles. The van der Waals surface area contributed by atoms with Gasteiger partial charge in [0, 0.05) is 5.69 Å². The number of para-hydroxylation sites is 1. The molecule has 0 unspecified atom stereocenters. The number of hydrogen-bond acceptors (Lipinski definition) is 2. The largest absolute Gasteiger partial charge is 0.494 e. The Morgan fingerprint density at radius 2 is 1.82 bits per heavy atom. The molecule has 1 heterocycles. The number of ether oxygens (including phenoxy) is 1. The Balaban J connectivity index is 2.68. The predicted molar refractivity (Wildman–Crippen MR) is 69.1 cm³/mol. The van der Waals surface area contributed by atoms with Gasteiger partial charge in [-0.2, -0.15) is 5.10 Å². The number of methoxy groups -OCH3 is 1. The number of rotatable bonds is 2. The second-order valence-corrected chi connectivity index (χ2v) is 4.33. The molecule has 3 nitrogen and oxygen atoms in total. The summed E-state index contributed by atoms with van der Waals surface area (Å²) in [6.45, 7) is 8.25. The Bertz CT molecular complexity index is 556. The van der Waals surface area contributed by atoms with Crippen LogP contribution >= 0.6 is 0 Å². The molecule has 1 aromatic carbocycles. The molecule has 0 aliphatic rings. The summed E-state index contributed by atoms with van der Waals surface area (Å²) in [5, 5.41) is 4.57. The standard InChI is InChI=1S/C14H18N2O/c1-9-7-6-8-13(14(9)17-5)16-12(4)10(2)11(3)15-16/h6-8H,1-5H3. The van der Waals surface area contributed by atoms with Crippen LogP contribution in [0.15, 0.2) is 18.2 Å². The molecule has 0 bridgehead atoms. The fraction of sp³-hybridized carbons (Fsp3) is 0.357. The van der Waals surface area contributed by atoms with Crippen LogP contribution in [-0.4, -0.2) is 16.9 Å². The van der Waals surface area contributed by atoms with Crippen molar-refractivity contribution in [3.63, 3.8) is 0 Å². The summed E-state index contributed by atoms with van der Waals surface area (Å²) in [7, 11) is 1.70. The van der Waals surface area contributed by atoms with Crippen molar-refractivity contribution >= 4 is 0 Å². The minimum Gasteiger partial charge on any atom is -0.494 e. The first-order valence-electron chi connectivity index (χ1n) is 5.73. The molecule has 0 aliphatic heterocycles. The molecular weight excluding hydrogens is 212 g/mol. The molecule has 1 aromatic heterocycles. The summed E-state index contributed by atoms with van der Waals surface area (Å²) in [6, 6.07) is 6.10. The van der Waals surface area contributed by atoms with E-state index >= 15 is 0 Å². The van der Waals surface area contributed by atoms with Crippen LogP contribution in [0, 0.1) is 27.7 Å². The molecule has 0 spiro atoms. The van der Waals surface area contributed by atoms with Gasteiger partial charge in [-0.15, -0.1) is 0 Å². The molecule has 0 N–H and O–H groups in total. The monoisotopic (exact) mass is 230 g/mol. The van der Waals surface area contributed by atoms with Crippen LogP contribution in [0.2, 0.25) is 0 Å². The SMILES string of the molecule is COc1c(C)cccc1-n1nc(C)c(C)c1C. The van der Waals surface area contributed by atoms with Crippen LogP contribution in [0.25, 0.3) is 5.69 Å². The maximum atomic E-state index is 5.47. The Morgan fingerprint density at radius 1 is 1.12 bits per heavy atom. The lowest BCUT2D eigenvalue weighted by Gasteiger charge is -2.12. The smallest absolute Gasteiger partial charge is 0.147 e. The number of aryl methyl sites for hydroxylation is 2. The van der Waals surface area contributed by atoms with Crippen LogP contribution in [-0.2, 0) is 0 Å². The summed E-state index contributed by atoms with van der Waals surface area (Å²) in [5.74, 6) is 0.887. The molecule has 0 radical (unpaired) electrons. The van der Waals surface area contributed by atoms with E-state index in [-0.39, 0.29) is 0 Å². The summed E-state index contributed by atoms with van der Waals surface area (Å²) in [5.41, 5.74) is 5.57. The predicted octanol–water partition coefficient (Wildman–Crippen LogP) is 3.11. The van der Waals surface area contributed by atoms with Gasteiger partial charge < -0.3 is 4.74 Å². The van der Waals surface area contributed by atoms with Crippen molar-refractivity contribution in [2.24, 2.45) is 0 Å². The van der Waals surface area contributed by atoms with Gasteiger partial charge in [0.1, 0.15) is 11.4 Å². The van der Waals surface area contributed by atoms with Crippen LogP contribution in [0.1, 0.15) is 22.5 Å². The van der Waals surface area contributed by atoms with Gasteiger partial charge >= 0.3 is 0 Å². The Hall–Kier alpha value is -1.77. The highest BCUT2D eigenvalue weighted by Crippen LogP contribution is 2.28. The van der Waals surface area contributed by atoms with E-state index < -0.39 is 0 Å². The quantitative estimate of drug-likeness (QED) is 0.792. The van der Waals surface area contributed by atoms with Gasteiger partial charge in [-0.05, 0) is 44.9 Å². The zero-order chi connectivity index (χ0) is 12.6. The van der Waals surface area contributed by atoms with Gasteiger partial charge in [-0.25, -0.2) is 4.68 Å². The molecule has 2 rings (SSSR count). The lowest BCUT2D eigenvalue weighted by atomic mass is 10.2. The third-order valence-corrected chi connectivity index (χ3v) is 3.28. The van der Waals surface area contributed by atoms with Crippen molar-refractivity contribution in [2.45, 2.75) is 27.7 Å². The topological polar surface area (TPSA) is 27.1 Å². The molecule has 0 saturated carbocycles. The maximum Gasteiger partial charge on any atom is 0.147 e. The van der Waals surface area contributed by atoms with E-state index in [0.29, 0.717) is 0 Å². The normalized spacial score (nSPS) is 10.6. The Labute approximate surface area is 102 Å². The zero-order valence-corrected chi connectivity index (χ0v) is 11.0. The van der Waals surface area contributed by atoms with E-state index in [1.807, 2.05) is 36.7 Å².